The summed E-state index contributed by atoms with van der Waals surface area (Å²) >= 11 is 0. The Morgan fingerprint density at radius 1 is 1.42 bits per heavy atom. The molecule has 5 atom stereocenters. The van der Waals surface area contributed by atoms with Gasteiger partial charge in [-0.15, -0.1) is 12.3 Å². The van der Waals surface area contributed by atoms with Gasteiger partial charge in [-0.2, -0.15) is 0 Å². The van der Waals surface area contributed by atoms with Crippen LogP contribution >= 0.6 is 0 Å². The summed E-state index contributed by atoms with van der Waals surface area (Å²) in [4.78, 5) is 2.92. The van der Waals surface area contributed by atoms with Crippen LogP contribution in [0.15, 0.2) is 5.11 Å². The summed E-state index contributed by atoms with van der Waals surface area (Å²) in [6.07, 6.45) is 7.30. The molecule has 1 rings (SSSR count). The van der Waals surface area contributed by atoms with Crippen LogP contribution < -0.4 is 0 Å². The lowest BCUT2D eigenvalue weighted by Gasteiger charge is -2.42. The Kier molecular flexibility index (Phi) is 6.72. The molecule has 0 aliphatic carbocycles. The lowest BCUT2D eigenvalue weighted by Crippen LogP contribution is -2.49. The number of ether oxygens (including phenoxy) is 2. The monoisotopic (exact) mass is 265 g/mol. The molecule has 0 aromatic carbocycles. The lowest BCUT2D eigenvalue weighted by atomic mass is 9.81. The van der Waals surface area contributed by atoms with Gasteiger partial charge in [0.15, 0.2) is 6.29 Å². The van der Waals surface area contributed by atoms with Gasteiger partial charge in [-0.05, 0) is 30.2 Å². The molecule has 0 amide bonds. The second-order valence-electron chi connectivity index (χ2n) is 5.04. The van der Waals surface area contributed by atoms with Gasteiger partial charge in [-0.1, -0.05) is 25.9 Å². The Bertz CT molecular complexity index is 360. The van der Waals surface area contributed by atoms with E-state index in [0.717, 1.165) is 12.8 Å². The third-order valence-corrected chi connectivity index (χ3v) is 3.88. The summed E-state index contributed by atoms with van der Waals surface area (Å²) in [5.41, 5.74) is 8.69. The van der Waals surface area contributed by atoms with Crippen LogP contribution in [0.3, 0.4) is 0 Å². The fraction of sp³-hybridized carbons (Fsp3) is 0.857. The van der Waals surface area contributed by atoms with Gasteiger partial charge < -0.3 is 9.47 Å². The smallest absolute Gasteiger partial charge is 0.166 e. The van der Waals surface area contributed by atoms with Crippen molar-refractivity contribution in [3.63, 3.8) is 0 Å². The van der Waals surface area contributed by atoms with Gasteiger partial charge in [0.1, 0.15) is 0 Å². The van der Waals surface area contributed by atoms with Gasteiger partial charge in [0, 0.05) is 11.3 Å². The zero-order valence-electron chi connectivity index (χ0n) is 12.0. The molecule has 1 aliphatic heterocycles. The highest BCUT2D eigenvalue weighted by atomic mass is 16.7. The molecule has 0 bridgehead atoms. The summed E-state index contributed by atoms with van der Waals surface area (Å²) < 4.78 is 11.6. The zero-order chi connectivity index (χ0) is 14.3. The molecule has 0 aromatic heterocycles. The number of nitrogens with zero attached hydrogens (tertiary/aromatic N) is 3. The molecule has 106 valence electrons. The Morgan fingerprint density at radius 3 is 2.74 bits per heavy atom. The van der Waals surface area contributed by atoms with Crippen LogP contribution in [-0.2, 0) is 9.47 Å². The Labute approximate surface area is 115 Å². The maximum absolute atomic E-state index is 8.69. The van der Waals surface area contributed by atoms with Crippen LogP contribution in [0.25, 0.3) is 10.4 Å². The van der Waals surface area contributed by atoms with Crippen molar-refractivity contribution in [1.29, 1.82) is 0 Å². The highest BCUT2D eigenvalue weighted by molar-refractivity contribution is 4.89. The largest absolute Gasteiger partial charge is 0.352 e. The molecule has 1 aliphatic rings. The van der Waals surface area contributed by atoms with Gasteiger partial charge in [0.25, 0.3) is 0 Å². The summed E-state index contributed by atoms with van der Waals surface area (Å²) in [5.74, 6) is 3.17. The SMILES string of the molecule is C#CCCCO[C@H]1O[C@@H](CC)[C@@H](C)[C@@H](C)[C@@H]1N=[N+]=[N-]. The van der Waals surface area contributed by atoms with E-state index < -0.39 is 6.29 Å². The first kappa shape index (κ1) is 15.8. The maximum Gasteiger partial charge on any atom is 0.166 e. The molecule has 1 saturated heterocycles. The molecule has 5 heteroatoms. The summed E-state index contributed by atoms with van der Waals surface area (Å²) in [6, 6.07) is -0.270. The van der Waals surface area contributed by atoms with E-state index in [1.165, 1.54) is 0 Å². The average molecular weight is 265 g/mol. The average Bonchev–Trinajstić information content (AvgIpc) is 2.42. The van der Waals surface area contributed by atoms with Crippen LogP contribution in [0.2, 0.25) is 0 Å². The molecule has 0 radical (unpaired) electrons. The van der Waals surface area contributed by atoms with Crippen LogP contribution in [0.1, 0.15) is 40.0 Å². The Balaban J connectivity index is 2.67. The normalized spacial score (nSPS) is 34.3. The van der Waals surface area contributed by atoms with Crippen LogP contribution in [0.4, 0.5) is 0 Å². The van der Waals surface area contributed by atoms with E-state index in [4.69, 9.17) is 21.4 Å². The van der Waals surface area contributed by atoms with E-state index in [1.54, 1.807) is 0 Å². The third-order valence-electron chi connectivity index (χ3n) is 3.88. The first-order valence-electron chi connectivity index (χ1n) is 6.90. The van der Waals surface area contributed by atoms with Crippen LogP contribution in [0, 0.1) is 24.2 Å². The molecule has 19 heavy (non-hydrogen) atoms. The summed E-state index contributed by atoms with van der Waals surface area (Å²) in [7, 11) is 0. The third kappa shape index (κ3) is 4.14. The lowest BCUT2D eigenvalue weighted by molar-refractivity contribution is -0.230. The van der Waals surface area contributed by atoms with Crippen molar-refractivity contribution in [2.75, 3.05) is 6.61 Å². The Hall–Kier alpha value is -1.21. The standard InChI is InChI=1S/C14H23N3O2/c1-5-7-8-9-18-14-13(16-17-15)11(4)10(3)12(6-2)19-14/h1,10-14H,6-9H2,2-4H3/t10-,11+,12-,13-,14-/m0/s1. The van der Waals surface area contributed by atoms with E-state index in [2.05, 4.69) is 36.7 Å². The number of hydrogen-bond donors (Lipinski definition) is 0. The number of terminal acetylenes is 1. The van der Waals surface area contributed by atoms with E-state index in [-0.39, 0.29) is 18.1 Å². The molecule has 0 N–H and O–H groups in total. The number of hydrogen-bond acceptors (Lipinski definition) is 3. The van der Waals surface area contributed by atoms with Gasteiger partial charge >= 0.3 is 0 Å². The predicted molar refractivity (Wildman–Crippen MR) is 74.2 cm³/mol. The number of rotatable bonds is 6. The molecule has 0 unspecified atom stereocenters. The molecule has 5 nitrogen and oxygen atoms in total. The van der Waals surface area contributed by atoms with Crippen LogP contribution in [-0.4, -0.2) is 25.0 Å². The van der Waals surface area contributed by atoms with E-state index in [1.807, 2.05) is 0 Å². The second-order valence-corrected chi connectivity index (χ2v) is 5.04. The first-order valence-corrected chi connectivity index (χ1v) is 6.90. The van der Waals surface area contributed by atoms with E-state index >= 15 is 0 Å². The molecule has 1 fully saturated rings. The molecular weight excluding hydrogens is 242 g/mol. The highest BCUT2D eigenvalue weighted by Crippen LogP contribution is 2.34. The van der Waals surface area contributed by atoms with Crippen molar-refractivity contribution in [3.8, 4) is 12.3 Å². The summed E-state index contributed by atoms with van der Waals surface area (Å²) in [6.45, 7) is 6.85. The quantitative estimate of drug-likeness (QED) is 0.242. The van der Waals surface area contributed by atoms with E-state index in [0.29, 0.717) is 18.9 Å². The van der Waals surface area contributed by atoms with Gasteiger partial charge in [-0.3, -0.25) is 0 Å². The van der Waals surface area contributed by atoms with Gasteiger partial charge in [0.05, 0.1) is 18.8 Å². The first-order chi connectivity index (χ1) is 9.15. The molecule has 0 saturated carbocycles. The second kappa shape index (κ2) is 8.06. The van der Waals surface area contributed by atoms with E-state index in [9.17, 15) is 0 Å². The van der Waals surface area contributed by atoms with Crippen molar-refractivity contribution < 1.29 is 9.47 Å². The van der Waals surface area contributed by atoms with Gasteiger partial charge in [-0.25, -0.2) is 0 Å². The minimum absolute atomic E-state index is 0.151. The number of azide groups is 1. The van der Waals surface area contributed by atoms with Crippen LogP contribution in [0.5, 0.6) is 0 Å². The summed E-state index contributed by atoms with van der Waals surface area (Å²) in [5, 5.41) is 3.85. The maximum atomic E-state index is 8.69. The fourth-order valence-electron chi connectivity index (χ4n) is 2.47. The number of unbranched alkanes of at least 4 members (excludes halogenated alkanes) is 1. The highest BCUT2D eigenvalue weighted by Gasteiger charge is 2.40. The van der Waals surface area contributed by atoms with Crippen molar-refractivity contribution >= 4 is 0 Å². The minimum atomic E-state index is -0.454. The molecule has 1 heterocycles. The molecule has 0 aromatic rings. The Morgan fingerprint density at radius 2 is 2.16 bits per heavy atom. The van der Waals surface area contributed by atoms with Crippen molar-refractivity contribution in [2.24, 2.45) is 17.0 Å². The van der Waals surface area contributed by atoms with Gasteiger partial charge in [0.2, 0.25) is 0 Å². The fourth-order valence-corrected chi connectivity index (χ4v) is 2.47. The zero-order valence-corrected chi connectivity index (χ0v) is 12.0. The predicted octanol–water partition coefficient (Wildman–Crippen LogP) is 3.50. The van der Waals surface area contributed by atoms with Crippen molar-refractivity contribution in [3.05, 3.63) is 10.4 Å². The molecule has 0 spiro atoms. The topological polar surface area (TPSA) is 67.2 Å². The molecular formula is C14H23N3O2. The van der Waals surface area contributed by atoms with Crippen molar-refractivity contribution in [2.45, 2.75) is 58.5 Å². The minimum Gasteiger partial charge on any atom is -0.352 e. The van der Waals surface area contributed by atoms with Crippen molar-refractivity contribution in [1.82, 2.24) is 0 Å².